The first-order valence-corrected chi connectivity index (χ1v) is 12.0. The second-order valence-corrected chi connectivity index (χ2v) is 9.47. The average molecular weight is 497 g/mol. The van der Waals surface area contributed by atoms with Gasteiger partial charge >= 0.3 is 0 Å². The predicted octanol–water partition coefficient (Wildman–Crippen LogP) is 4.75. The number of hydrogen-bond acceptors (Lipinski definition) is 4. The third-order valence-electron chi connectivity index (χ3n) is 6.77. The van der Waals surface area contributed by atoms with Crippen molar-refractivity contribution in [2.45, 2.75) is 39.0 Å². The van der Waals surface area contributed by atoms with Gasteiger partial charge in [-0.15, -0.1) is 0 Å². The van der Waals surface area contributed by atoms with Crippen molar-refractivity contribution in [2.75, 3.05) is 18.4 Å². The molecule has 1 saturated heterocycles. The minimum atomic E-state index is -0.290. The smallest absolute Gasteiger partial charge is 0.274 e. The Morgan fingerprint density at radius 3 is 2.60 bits per heavy atom. The lowest BCUT2D eigenvalue weighted by Gasteiger charge is -2.31. The third-order valence-corrected chi connectivity index (χ3v) is 7.17. The first kappa shape index (κ1) is 23.5. The maximum Gasteiger partial charge on any atom is 0.274 e. The molecule has 0 aliphatic carbocycles. The fraction of sp³-hybridized carbons (Fsp3) is 0.346. The van der Waals surface area contributed by atoms with E-state index < -0.39 is 0 Å². The Morgan fingerprint density at radius 2 is 1.89 bits per heavy atom. The van der Waals surface area contributed by atoms with Crippen molar-refractivity contribution in [1.82, 2.24) is 14.5 Å². The van der Waals surface area contributed by atoms with Gasteiger partial charge in [0.05, 0.1) is 25.2 Å². The molecule has 2 aromatic carbocycles. The van der Waals surface area contributed by atoms with Crippen molar-refractivity contribution in [3.63, 3.8) is 0 Å². The number of piperidine rings is 1. The van der Waals surface area contributed by atoms with Gasteiger partial charge in [0.2, 0.25) is 5.91 Å². The Labute approximate surface area is 207 Å². The SMILES string of the molecule is Cc1ccc(NC(=O)C2CCN(C(=O)c3ncn4c3CO[C@H](c3ccc(F)cc3)C4)CC2)cc1Cl. The molecular formula is C26H26ClFN4O3. The van der Waals surface area contributed by atoms with Crippen LogP contribution in [0.5, 0.6) is 0 Å². The number of aromatic nitrogens is 2. The normalized spacial score (nSPS) is 18.3. The Morgan fingerprint density at radius 1 is 1.14 bits per heavy atom. The van der Waals surface area contributed by atoms with Crippen molar-refractivity contribution in [3.05, 3.63) is 82.1 Å². The van der Waals surface area contributed by atoms with E-state index in [0.29, 0.717) is 48.9 Å². The van der Waals surface area contributed by atoms with Gasteiger partial charge in [-0.05, 0) is 55.2 Å². The molecule has 1 atom stereocenters. The van der Waals surface area contributed by atoms with Gasteiger partial charge in [-0.25, -0.2) is 9.37 Å². The molecule has 3 heterocycles. The van der Waals surface area contributed by atoms with Gasteiger partial charge < -0.3 is 19.5 Å². The van der Waals surface area contributed by atoms with Crippen molar-refractivity contribution in [1.29, 1.82) is 0 Å². The van der Waals surface area contributed by atoms with Gasteiger partial charge in [0, 0.05) is 29.7 Å². The van der Waals surface area contributed by atoms with Crippen LogP contribution in [0, 0.1) is 18.7 Å². The molecule has 1 aromatic heterocycles. The van der Waals surface area contributed by atoms with E-state index in [9.17, 15) is 14.0 Å². The summed E-state index contributed by atoms with van der Waals surface area (Å²) in [7, 11) is 0. The van der Waals surface area contributed by atoms with Crippen molar-refractivity contribution < 1.29 is 18.7 Å². The van der Waals surface area contributed by atoms with Crippen LogP contribution in [0.4, 0.5) is 10.1 Å². The minimum absolute atomic E-state index is 0.0587. The van der Waals surface area contributed by atoms with Crippen LogP contribution >= 0.6 is 11.6 Å². The van der Waals surface area contributed by atoms with Crippen molar-refractivity contribution in [3.8, 4) is 0 Å². The number of likely N-dealkylation sites (tertiary alicyclic amines) is 1. The highest BCUT2D eigenvalue weighted by Gasteiger charge is 2.32. The minimum Gasteiger partial charge on any atom is -0.365 e. The van der Waals surface area contributed by atoms with Crippen LogP contribution in [0.2, 0.25) is 5.02 Å². The number of nitrogens with zero attached hydrogens (tertiary/aromatic N) is 3. The zero-order valence-corrected chi connectivity index (χ0v) is 20.1. The summed E-state index contributed by atoms with van der Waals surface area (Å²) in [5.41, 5.74) is 3.64. The number of carbonyl (C=O) groups excluding carboxylic acids is 2. The number of amides is 2. The van der Waals surface area contributed by atoms with Gasteiger partial charge in [-0.1, -0.05) is 29.8 Å². The van der Waals surface area contributed by atoms with E-state index in [1.165, 1.54) is 12.1 Å². The highest BCUT2D eigenvalue weighted by molar-refractivity contribution is 6.31. The lowest BCUT2D eigenvalue weighted by atomic mass is 9.95. The lowest BCUT2D eigenvalue weighted by molar-refractivity contribution is -0.121. The molecule has 0 bridgehead atoms. The third kappa shape index (κ3) is 4.94. The monoisotopic (exact) mass is 496 g/mol. The molecule has 2 amide bonds. The molecule has 7 nitrogen and oxygen atoms in total. The summed E-state index contributed by atoms with van der Waals surface area (Å²) < 4.78 is 21.1. The molecule has 1 N–H and O–H groups in total. The van der Waals surface area contributed by atoms with E-state index in [1.54, 1.807) is 29.4 Å². The Balaban J connectivity index is 1.18. The number of aryl methyl sites for hydroxylation is 1. The second-order valence-electron chi connectivity index (χ2n) is 9.06. The van der Waals surface area contributed by atoms with E-state index in [2.05, 4.69) is 10.3 Å². The Kier molecular flexibility index (Phi) is 6.58. The number of carbonyl (C=O) groups is 2. The molecule has 0 saturated carbocycles. The van der Waals surface area contributed by atoms with Crippen molar-refractivity contribution in [2.24, 2.45) is 5.92 Å². The van der Waals surface area contributed by atoms with Gasteiger partial charge in [0.1, 0.15) is 11.9 Å². The maximum atomic E-state index is 13.2. The number of hydrogen-bond donors (Lipinski definition) is 1. The molecular weight excluding hydrogens is 471 g/mol. The van der Waals surface area contributed by atoms with Crippen LogP contribution in [-0.4, -0.2) is 39.4 Å². The number of ether oxygens (including phenoxy) is 1. The lowest BCUT2D eigenvalue weighted by Crippen LogP contribution is -2.42. The van der Waals surface area contributed by atoms with E-state index in [1.807, 2.05) is 23.6 Å². The first-order valence-electron chi connectivity index (χ1n) is 11.7. The summed E-state index contributed by atoms with van der Waals surface area (Å²) in [6.45, 7) is 3.63. The summed E-state index contributed by atoms with van der Waals surface area (Å²) in [5, 5.41) is 3.54. The molecule has 0 spiro atoms. The topological polar surface area (TPSA) is 76.5 Å². The number of nitrogens with one attached hydrogen (secondary N) is 1. The number of anilines is 1. The number of benzene rings is 2. The average Bonchev–Trinajstić information content (AvgIpc) is 3.29. The standard InChI is InChI=1S/C26H26ClFN4O3/c1-16-2-7-20(12-21(16)27)30-25(33)18-8-10-31(11-9-18)26(34)24-22-14-35-23(13-32(22)15-29-24)17-3-5-19(28)6-4-17/h2-7,12,15,18,23H,8-11,13-14H2,1H3,(H,30,33)/t23-/m0/s1. The van der Waals surface area contributed by atoms with Gasteiger partial charge in [0.15, 0.2) is 5.69 Å². The first-order chi connectivity index (χ1) is 16.9. The van der Waals surface area contributed by atoms with E-state index in [0.717, 1.165) is 16.8 Å². The van der Waals surface area contributed by atoms with Gasteiger partial charge in [-0.3, -0.25) is 9.59 Å². The molecule has 182 valence electrons. The molecule has 9 heteroatoms. The predicted molar refractivity (Wildman–Crippen MR) is 130 cm³/mol. The van der Waals surface area contributed by atoms with Crippen molar-refractivity contribution >= 4 is 29.1 Å². The summed E-state index contributed by atoms with van der Waals surface area (Å²) in [5.74, 6) is -0.667. The van der Waals surface area contributed by atoms with E-state index >= 15 is 0 Å². The number of halogens is 2. The molecule has 5 rings (SSSR count). The van der Waals surface area contributed by atoms with E-state index in [4.69, 9.17) is 16.3 Å². The number of fused-ring (bicyclic) bond motifs is 1. The largest absolute Gasteiger partial charge is 0.365 e. The summed E-state index contributed by atoms with van der Waals surface area (Å²) in [6.07, 6.45) is 2.60. The van der Waals surface area contributed by atoms with Crippen LogP contribution in [0.25, 0.3) is 0 Å². The fourth-order valence-corrected chi connectivity index (χ4v) is 4.77. The number of rotatable bonds is 4. The van der Waals surface area contributed by atoms with Crippen LogP contribution < -0.4 is 5.32 Å². The fourth-order valence-electron chi connectivity index (χ4n) is 4.59. The summed E-state index contributed by atoms with van der Waals surface area (Å²) in [6, 6.07) is 11.7. The van der Waals surface area contributed by atoms with Crippen LogP contribution in [0.1, 0.15) is 46.3 Å². The van der Waals surface area contributed by atoms with Gasteiger partial charge in [-0.2, -0.15) is 0 Å². The van der Waals surface area contributed by atoms with Crippen LogP contribution in [-0.2, 0) is 22.7 Å². The quantitative estimate of drug-likeness (QED) is 0.565. The summed E-state index contributed by atoms with van der Waals surface area (Å²) in [4.78, 5) is 32.0. The highest BCUT2D eigenvalue weighted by atomic mass is 35.5. The van der Waals surface area contributed by atoms with Crippen LogP contribution in [0.3, 0.4) is 0 Å². The Hall–Kier alpha value is -3.23. The molecule has 0 radical (unpaired) electrons. The Bertz CT molecular complexity index is 1250. The molecule has 2 aliphatic heterocycles. The summed E-state index contributed by atoms with van der Waals surface area (Å²) >= 11 is 6.16. The van der Waals surface area contributed by atoms with Crippen LogP contribution in [0.15, 0.2) is 48.8 Å². The van der Waals surface area contributed by atoms with E-state index in [-0.39, 0.29) is 36.3 Å². The molecule has 2 aliphatic rings. The molecule has 35 heavy (non-hydrogen) atoms. The second kappa shape index (κ2) is 9.79. The molecule has 3 aromatic rings. The zero-order valence-electron chi connectivity index (χ0n) is 19.3. The maximum absolute atomic E-state index is 13.2. The number of imidazole rings is 1. The highest BCUT2D eigenvalue weighted by Crippen LogP contribution is 2.29. The van der Waals surface area contributed by atoms with Gasteiger partial charge in [0.25, 0.3) is 5.91 Å². The molecule has 0 unspecified atom stereocenters. The molecule has 1 fully saturated rings. The zero-order chi connectivity index (χ0) is 24.5.